The van der Waals surface area contributed by atoms with Crippen LogP contribution in [0.1, 0.15) is 38.6 Å². The second-order valence-electron chi connectivity index (χ2n) is 9.08. The Hall–Kier alpha value is -3.66. The van der Waals surface area contributed by atoms with Crippen molar-refractivity contribution >= 4 is 28.5 Å². The van der Waals surface area contributed by atoms with Crippen LogP contribution in [0.3, 0.4) is 0 Å². The second kappa shape index (κ2) is 9.18. The summed E-state index contributed by atoms with van der Waals surface area (Å²) in [5, 5.41) is 12.7. The summed E-state index contributed by atoms with van der Waals surface area (Å²) in [4.78, 5) is 19.3. The molecule has 0 radical (unpaired) electrons. The van der Waals surface area contributed by atoms with E-state index in [2.05, 4.69) is 30.2 Å². The number of aromatic nitrogens is 5. The Balaban J connectivity index is 1.42. The second-order valence-corrected chi connectivity index (χ2v) is 9.08. The standard InChI is InChI=1S/C25H27F2N7O/c1-14(2)34-15(3)30-24-19(26)10-16(11-21(24)34)23-20(27)13-29-25(32-23)31-22-5-4-17(12-28-22)33-8-6-18(35)7-9-33/h4-5,10-14,18,35H,6-9H2,1-3H3,(H,28,29,31,32). The Bertz CT molecular complexity index is 1360. The minimum Gasteiger partial charge on any atom is -0.393 e. The number of hydrogen-bond donors (Lipinski definition) is 2. The Labute approximate surface area is 201 Å². The van der Waals surface area contributed by atoms with Gasteiger partial charge >= 0.3 is 0 Å². The number of pyridine rings is 1. The van der Waals surface area contributed by atoms with Gasteiger partial charge in [0.1, 0.15) is 22.9 Å². The summed E-state index contributed by atoms with van der Waals surface area (Å²) in [7, 11) is 0. The molecule has 1 aliphatic rings. The first-order valence-electron chi connectivity index (χ1n) is 11.7. The van der Waals surface area contributed by atoms with Gasteiger partial charge in [0.15, 0.2) is 11.6 Å². The van der Waals surface area contributed by atoms with Crippen molar-refractivity contribution in [2.45, 2.75) is 45.8 Å². The molecule has 4 aromatic rings. The molecule has 0 aliphatic carbocycles. The molecule has 0 spiro atoms. The van der Waals surface area contributed by atoms with Gasteiger partial charge in [-0.25, -0.2) is 28.7 Å². The van der Waals surface area contributed by atoms with Crippen molar-refractivity contribution in [2.75, 3.05) is 23.3 Å². The number of nitrogens with zero attached hydrogens (tertiary/aromatic N) is 6. The highest BCUT2D eigenvalue weighted by Crippen LogP contribution is 2.30. The molecule has 5 rings (SSSR count). The van der Waals surface area contributed by atoms with Gasteiger partial charge in [0.05, 0.1) is 29.7 Å². The molecule has 0 saturated carbocycles. The number of rotatable bonds is 5. The van der Waals surface area contributed by atoms with Gasteiger partial charge in [0, 0.05) is 24.7 Å². The zero-order valence-corrected chi connectivity index (χ0v) is 19.8. The van der Waals surface area contributed by atoms with Gasteiger partial charge in [-0.2, -0.15) is 0 Å². The number of nitrogens with one attached hydrogen (secondary N) is 1. The van der Waals surface area contributed by atoms with Crippen LogP contribution in [0.2, 0.25) is 0 Å². The number of piperidine rings is 1. The Morgan fingerprint density at radius 1 is 1.03 bits per heavy atom. The minimum absolute atomic E-state index is 0.0130. The number of aryl methyl sites for hydroxylation is 1. The minimum atomic E-state index is -0.655. The number of aliphatic hydroxyl groups excluding tert-OH is 1. The van der Waals surface area contributed by atoms with Crippen molar-refractivity contribution in [1.82, 2.24) is 24.5 Å². The summed E-state index contributed by atoms with van der Waals surface area (Å²) < 4.78 is 31.5. The zero-order chi connectivity index (χ0) is 24.7. The molecule has 0 unspecified atom stereocenters. The van der Waals surface area contributed by atoms with Gasteiger partial charge in [-0.1, -0.05) is 0 Å². The summed E-state index contributed by atoms with van der Waals surface area (Å²) >= 11 is 0. The van der Waals surface area contributed by atoms with Crippen molar-refractivity contribution in [3.63, 3.8) is 0 Å². The van der Waals surface area contributed by atoms with E-state index in [0.717, 1.165) is 37.8 Å². The number of imidazole rings is 1. The number of benzene rings is 1. The number of anilines is 3. The molecular formula is C25H27F2N7O. The van der Waals surface area contributed by atoms with Gasteiger partial charge in [0.2, 0.25) is 5.95 Å². The van der Waals surface area contributed by atoms with Crippen LogP contribution in [0.4, 0.5) is 26.2 Å². The van der Waals surface area contributed by atoms with Gasteiger partial charge in [0.25, 0.3) is 0 Å². The SMILES string of the molecule is Cc1nc2c(F)cc(-c3nc(Nc4ccc(N5CCC(O)CC5)cn4)ncc3F)cc2n1C(C)C. The highest BCUT2D eigenvalue weighted by atomic mass is 19.1. The van der Waals surface area contributed by atoms with E-state index >= 15 is 0 Å². The summed E-state index contributed by atoms with van der Waals surface area (Å²) in [6.07, 6.45) is 4.02. The lowest BCUT2D eigenvalue weighted by Gasteiger charge is -2.31. The largest absolute Gasteiger partial charge is 0.393 e. The van der Waals surface area contributed by atoms with E-state index < -0.39 is 11.6 Å². The quantitative estimate of drug-likeness (QED) is 0.426. The Kier molecular flexibility index (Phi) is 6.06. The van der Waals surface area contributed by atoms with Gasteiger partial charge in [-0.3, -0.25) is 0 Å². The summed E-state index contributed by atoms with van der Waals surface area (Å²) in [5.41, 5.74) is 2.09. The molecule has 1 aliphatic heterocycles. The van der Waals surface area contributed by atoms with Crippen molar-refractivity contribution < 1.29 is 13.9 Å². The van der Waals surface area contributed by atoms with E-state index in [1.165, 1.54) is 6.07 Å². The predicted molar refractivity (Wildman–Crippen MR) is 131 cm³/mol. The van der Waals surface area contributed by atoms with E-state index in [4.69, 9.17) is 0 Å². The molecule has 1 saturated heterocycles. The number of aliphatic hydroxyl groups is 1. The first-order chi connectivity index (χ1) is 16.8. The van der Waals surface area contributed by atoms with Crippen LogP contribution in [-0.4, -0.2) is 48.8 Å². The monoisotopic (exact) mass is 479 g/mol. The van der Waals surface area contributed by atoms with Crippen LogP contribution in [0.25, 0.3) is 22.3 Å². The lowest BCUT2D eigenvalue weighted by molar-refractivity contribution is 0.145. The van der Waals surface area contributed by atoms with Crippen LogP contribution in [0.5, 0.6) is 0 Å². The predicted octanol–water partition coefficient (Wildman–Crippen LogP) is 4.76. The van der Waals surface area contributed by atoms with Crippen LogP contribution in [0, 0.1) is 18.6 Å². The van der Waals surface area contributed by atoms with Gasteiger partial charge < -0.3 is 19.9 Å². The van der Waals surface area contributed by atoms with Crippen molar-refractivity contribution in [2.24, 2.45) is 0 Å². The highest BCUT2D eigenvalue weighted by molar-refractivity contribution is 5.83. The molecule has 1 fully saturated rings. The van der Waals surface area contributed by atoms with Crippen LogP contribution >= 0.6 is 0 Å². The normalized spacial score (nSPS) is 14.8. The number of fused-ring (bicyclic) bond motifs is 1. The summed E-state index contributed by atoms with van der Waals surface area (Å²) in [6.45, 7) is 7.34. The molecule has 3 aromatic heterocycles. The molecule has 8 nitrogen and oxygen atoms in total. The van der Waals surface area contributed by atoms with Crippen molar-refractivity contribution in [3.05, 3.63) is 54.1 Å². The fraction of sp³-hybridized carbons (Fsp3) is 0.360. The highest BCUT2D eigenvalue weighted by Gasteiger charge is 2.19. The maximum atomic E-state index is 14.9. The maximum absolute atomic E-state index is 14.9. The molecule has 1 aromatic carbocycles. The Morgan fingerprint density at radius 3 is 2.49 bits per heavy atom. The van der Waals surface area contributed by atoms with Gasteiger partial charge in [-0.15, -0.1) is 0 Å². The molecule has 35 heavy (non-hydrogen) atoms. The molecular weight excluding hydrogens is 452 g/mol. The lowest BCUT2D eigenvalue weighted by Crippen LogP contribution is -2.35. The molecule has 0 atom stereocenters. The topological polar surface area (TPSA) is 92.0 Å². The fourth-order valence-electron chi connectivity index (χ4n) is 4.57. The van der Waals surface area contributed by atoms with Crippen LogP contribution in [-0.2, 0) is 0 Å². The first kappa shape index (κ1) is 23.1. The number of halogens is 2. The smallest absolute Gasteiger partial charge is 0.229 e. The average molecular weight is 480 g/mol. The third-order valence-corrected chi connectivity index (χ3v) is 6.28. The third kappa shape index (κ3) is 4.53. The first-order valence-corrected chi connectivity index (χ1v) is 11.7. The van der Waals surface area contributed by atoms with E-state index in [0.29, 0.717) is 22.7 Å². The zero-order valence-electron chi connectivity index (χ0n) is 19.8. The molecule has 0 bridgehead atoms. The fourth-order valence-corrected chi connectivity index (χ4v) is 4.57. The summed E-state index contributed by atoms with van der Waals surface area (Å²) in [6, 6.07) is 6.73. The third-order valence-electron chi connectivity index (χ3n) is 6.28. The van der Waals surface area contributed by atoms with Crippen LogP contribution in [0.15, 0.2) is 36.7 Å². The van der Waals surface area contributed by atoms with E-state index in [9.17, 15) is 13.9 Å². The maximum Gasteiger partial charge on any atom is 0.229 e. The van der Waals surface area contributed by atoms with E-state index in [1.54, 1.807) is 18.3 Å². The van der Waals surface area contributed by atoms with Gasteiger partial charge in [-0.05, 0) is 57.9 Å². The molecule has 2 N–H and O–H groups in total. The molecule has 10 heteroatoms. The van der Waals surface area contributed by atoms with Crippen molar-refractivity contribution in [3.8, 4) is 11.3 Å². The van der Waals surface area contributed by atoms with E-state index in [1.807, 2.05) is 31.4 Å². The number of hydrogen-bond acceptors (Lipinski definition) is 7. The molecule has 0 amide bonds. The van der Waals surface area contributed by atoms with E-state index in [-0.39, 0.29) is 29.3 Å². The Morgan fingerprint density at radius 2 is 1.80 bits per heavy atom. The lowest BCUT2D eigenvalue weighted by atomic mass is 10.1. The molecule has 4 heterocycles. The average Bonchev–Trinajstić information content (AvgIpc) is 3.18. The van der Waals surface area contributed by atoms with Crippen LogP contribution < -0.4 is 10.2 Å². The molecule has 182 valence electrons. The van der Waals surface area contributed by atoms with Crippen molar-refractivity contribution in [1.29, 1.82) is 0 Å². The summed E-state index contributed by atoms with van der Waals surface area (Å²) in [5.74, 6) is 0.148.